The number of rotatable bonds is 5. The van der Waals surface area contributed by atoms with Crippen LogP contribution in [-0.2, 0) is 14.8 Å². The zero-order chi connectivity index (χ0) is 18.9. The first-order valence-corrected chi connectivity index (χ1v) is 10.5. The molecule has 1 saturated carbocycles. The normalized spacial score (nSPS) is 21.0. The molecule has 0 aromatic heterocycles. The number of nitrogens with one attached hydrogen (secondary N) is 2. The van der Waals surface area contributed by atoms with Gasteiger partial charge in [0, 0.05) is 25.2 Å². The van der Waals surface area contributed by atoms with Gasteiger partial charge in [-0.15, -0.1) is 0 Å². The number of benzene rings is 1. The summed E-state index contributed by atoms with van der Waals surface area (Å²) in [5.74, 6) is -0.497. The third kappa shape index (κ3) is 4.07. The molecular formula is C18H25N3O4S. The van der Waals surface area contributed by atoms with Crippen molar-refractivity contribution in [3.05, 3.63) is 29.3 Å². The van der Waals surface area contributed by atoms with Crippen LogP contribution in [0.1, 0.15) is 48.0 Å². The van der Waals surface area contributed by atoms with Gasteiger partial charge in [0.1, 0.15) is 6.04 Å². The van der Waals surface area contributed by atoms with Crippen molar-refractivity contribution in [3.8, 4) is 0 Å². The summed E-state index contributed by atoms with van der Waals surface area (Å²) in [7, 11) is -2.04. The zero-order valence-corrected chi connectivity index (χ0v) is 15.9. The van der Waals surface area contributed by atoms with Crippen LogP contribution in [0.4, 0.5) is 0 Å². The van der Waals surface area contributed by atoms with Gasteiger partial charge in [0.2, 0.25) is 15.9 Å². The highest BCUT2D eigenvalue weighted by molar-refractivity contribution is 7.89. The lowest BCUT2D eigenvalue weighted by molar-refractivity contribution is -0.125. The first-order valence-electron chi connectivity index (χ1n) is 8.97. The largest absolute Gasteiger partial charge is 0.354 e. The second kappa shape index (κ2) is 7.36. The molecule has 1 aromatic rings. The number of sulfonamides is 1. The number of carbonyl (C=O) groups is 2. The molecule has 8 heteroatoms. The van der Waals surface area contributed by atoms with Crippen LogP contribution in [0.2, 0.25) is 0 Å². The predicted octanol–water partition coefficient (Wildman–Crippen LogP) is 1.18. The number of carbonyl (C=O) groups excluding carboxylic acids is 2. The Morgan fingerprint density at radius 2 is 1.96 bits per heavy atom. The Labute approximate surface area is 154 Å². The lowest BCUT2D eigenvalue weighted by Crippen LogP contribution is -2.46. The van der Waals surface area contributed by atoms with E-state index in [4.69, 9.17) is 0 Å². The van der Waals surface area contributed by atoms with E-state index in [-0.39, 0.29) is 22.8 Å². The molecule has 2 N–H and O–H groups in total. The summed E-state index contributed by atoms with van der Waals surface area (Å²) in [5.41, 5.74) is 0.990. The molecule has 0 radical (unpaired) electrons. The van der Waals surface area contributed by atoms with Crippen LogP contribution in [0, 0.1) is 6.92 Å². The van der Waals surface area contributed by atoms with Crippen LogP contribution in [0.15, 0.2) is 23.1 Å². The number of amides is 2. The summed E-state index contributed by atoms with van der Waals surface area (Å²) in [6.07, 6.45) is 4.05. The topological polar surface area (TPSA) is 95.6 Å². The number of aryl methyl sites for hydroxylation is 1. The van der Waals surface area contributed by atoms with E-state index in [0.29, 0.717) is 24.1 Å². The Hall–Kier alpha value is -1.93. The summed E-state index contributed by atoms with van der Waals surface area (Å²) >= 11 is 0. The van der Waals surface area contributed by atoms with Gasteiger partial charge in [-0.3, -0.25) is 9.59 Å². The quantitative estimate of drug-likeness (QED) is 0.803. The molecule has 2 amide bonds. The van der Waals surface area contributed by atoms with E-state index in [9.17, 15) is 18.0 Å². The maximum absolute atomic E-state index is 13.0. The van der Waals surface area contributed by atoms with E-state index in [1.54, 1.807) is 20.0 Å². The van der Waals surface area contributed by atoms with Gasteiger partial charge in [0.25, 0.3) is 5.91 Å². The Balaban J connectivity index is 1.86. The fourth-order valence-electron chi connectivity index (χ4n) is 3.11. The maximum Gasteiger partial charge on any atom is 0.254 e. The van der Waals surface area contributed by atoms with Gasteiger partial charge < -0.3 is 10.2 Å². The number of nitrogens with zero attached hydrogens (tertiary/aromatic N) is 1. The molecule has 0 bridgehead atoms. The molecule has 1 aliphatic heterocycles. The predicted molar refractivity (Wildman–Crippen MR) is 97.3 cm³/mol. The van der Waals surface area contributed by atoms with Crippen LogP contribution in [-0.4, -0.2) is 50.8 Å². The van der Waals surface area contributed by atoms with Crippen molar-refractivity contribution in [2.24, 2.45) is 0 Å². The standard InChI is InChI=1S/C18H25N3O4S/c1-12-6-9-14(26(24,25)20-13-7-8-13)11-15(12)18(23)21(2)16-5-3-4-10-19-17(16)22/h6,9,11,13,16,20H,3-5,7-8,10H2,1-2H3,(H,19,22)/t16-/m1/s1. The molecule has 2 aliphatic rings. The van der Waals surface area contributed by atoms with Gasteiger partial charge in [0.15, 0.2) is 0 Å². The van der Waals surface area contributed by atoms with Crippen LogP contribution in [0.5, 0.6) is 0 Å². The van der Waals surface area contributed by atoms with Crippen molar-refractivity contribution in [2.45, 2.75) is 56.0 Å². The van der Waals surface area contributed by atoms with E-state index in [2.05, 4.69) is 10.0 Å². The molecule has 0 spiro atoms. The SMILES string of the molecule is Cc1ccc(S(=O)(=O)NC2CC2)cc1C(=O)N(C)[C@@H]1CCCCNC1=O. The third-order valence-corrected chi connectivity index (χ3v) is 6.46. The fraction of sp³-hybridized carbons (Fsp3) is 0.556. The second-order valence-electron chi connectivity index (χ2n) is 7.09. The molecule has 1 saturated heterocycles. The summed E-state index contributed by atoms with van der Waals surface area (Å²) in [4.78, 5) is 26.7. The molecule has 142 valence electrons. The van der Waals surface area contributed by atoms with Crippen LogP contribution >= 0.6 is 0 Å². The Bertz CT molecular complexity index is 818. The molecule has 0 unspecified atom stereocenters. The zero-order valence-electron chi connectivity index (χ0n) is 15.1. The lowest BCUT2D eigenvalue weighted by Gasteiger charge is -2.26. The van der Waals surface area contributed by atoms with Crippen molar-refractivity contribution < 1.29 is 18.0 Å². The average molecular weight is 379 g/mol. The van der Waals surface area contributed by atoms with E-state index < -0.39 is 16.1 Å². The minimum Gasteiger partial charge on any atom is -0.354 e. The van der Waals surface area contributed by atoms with Crippen molar-refractivity contribution in [2.75, 3.05) is 13.6 Å². The lowest BCUT2D eigenvalue weighted by atomic mass is 10.0. The third-order valence-electron chi connectivity index (χ3n) is 4.94. The maximum atomic E-state index is 13.0. The summed E-state index contributed by atoms with van der Waals surface area (Å²) in [5, 5.41) is 2.82. The number of hydrogen-bond donors (Lipinski definition) is 2. The van der Waals surface area contributed by atoms with Crippen molar-refractivity contribution in [3.63, 3.8) is 0 Å². The minimum atomic E-state index is -3.64. The molecule has 3 rings (SSSR count). The van der Waals surface area contributed by atoms with Crippen molar-refractivity contribution in [1.82, 2.24) is 14.9 Å². The molecule has 1 atom stereocenters. The average Bonchev–Trinajstić information content (AvgIpc) is 3.41. The molecule has 2 fully saturated rings. The molecule has 1 heterocycles. The Morgan fingerprint density at radius 3 is 2.65 bits per heavy atom. The monoisotopic (exact) mass is 379 g/mol. The van der Waals surface area contributed by atoms with Gasteiger partial charge in [0.05, 0.1) is 4.90 Å². The number of hydrogen-bond acceptors (Lipinski definition) is 4. The first-order chi connectivity index (χ1) is 12.3. The second-order valence-corrected chi connectivity index (χ2v) is 8.80. The van der Waals surface area contributed by atoms with Gasteiger partial charge >= 0.3 is 0 Å². The molecule has 1 aliphatic carbocycles. The van der Waals surface area contributed by atoms with E-state index >= 15 is 0 Å². The van der Waals surface area contributed by atoms with E-state index in [0.717, 1.165) is 25.7 Å². The summed E-state index contributed by atoms with van der Waals surface area (Å²) in [6, 6.07) is 4.02. The fourth-order valence-corrected chi connectivity index (χ4v) is 4.44. The van der Waals surface area contributed by atoms with Gasteiger partial charge in [-0.1, -0.05) is 6.07 Å². The highest BCUT2D eigenvalue weighted by Gasteiger charge is 2.31. The molecular weight excluding hydrogens is 354 g/mol. The number of likely N-dealkylation sites (N-methyl/N-ethyl adjacent to an activating group) is 1. The van der Waals surface area contributed by atoms with Gasteiger partial charge in [-0.25, -0.2) is 13.1 Å². The minimum absolute atomic E-state index is 0.00203. The van der Waals surface area contributed by atoms with Gasteiger partial charge in [-0.2, -0.15) is 0 Å². The summed E-state index contributed by atoms with van der Waals surface area (Å²) < 4.78 is 27.5. The smallest absolute Gasteiger partial charge is 0.254 e. The first kappa shape index (κ1) is 18.8. The van der Waals surface area contributed by atoms with Crippen LogP contribution in [0.3, 0.4) is 0 Å². The van der Waals surface area contributed by atoms with E-state index in [1.165, 1.54) is 17.0 Å². The summed E-state index contributed by atoms with van der Waals surface area (Å²) in [6.45, 7) is 2.38. The van der Waals surface area contributed by atoms with Crippen molar-refractivity contribution in [1.29, 1.82) is 0 Å². The Kier molecular flexibility index (Phi) is 5.34. The molecule has 26 heavy (non-hydrogen) atoms. The molecule has 1 aromatic carbocycles. The van der Waals surface area contributed by atoms with Gasteiger partial charge in [-0.05, 0) is 56.7 Å². The highest BCUT2D eigenvalue weighted by atomic mass is 32.2. The Morgan fingerprint density at radius 1 is 1.23 bits per heavy atom. The van der Waals surface area contributed by atoms with Crippen LogP contribution < -0.4 is 10.0 Å². The highest BCUT2D eigenvalue weighted by Crippen LogP contribution is 2.24. The van der Waals surface area contributed by atoms with Crippen LogP contribution in [0.25, 0.3) is 0 Å². The van der Waals surface area contributed by atoms with E-state index in [1.807, 2.05) is 0 Å². The van der Waals surface area contributed by atoms with Crippen molar-refractivity contribution >= 4 is 21.8 Å². The molecule has 7 nitrogen and oxygen atoms in total.